The summed E-state index contributed by atoms with van der Waals surface area (Å²) in [6, 6.07) is 0. The van der Waals surface area contributed by atoms with Crippen LogP contribution in [-0.2, 0) is 55.8 Å². The van der Waals surface area contributed by atoms with Crippen LogP contribution in [-0.4, -0.2) is 95.9 Å². The van der Waals surface area contributed by atoms with Gasteiger partial charge in [-0.25, -0.2) is 9.13 Å². The third-order valence-electron chi connectivity index (χ3n) is 12.0. The van der Waals surface area contributed by atoms with Crippen LogP contribution in [0.1, 0.15) is 252 Å². The van der Waals surface area contributed by atoms with E-state index in [9.17, 15) is 43.5 Å². The van der Waals surface area contributed by atoms with Crippen LogP contribution in [0.3, 0.4) is 0 Å². The van der Waals surface area contributed by atoms with E-state index in [1.807, 2.05) is 0 Å². The molecule has 420 valence electrons. The number of aliphatic hydroxyl groups excluding tert-OH is 2. The predicted molar refractivity (Wildman–Crippen MR) is 280 cm³/mol. The Bertz CT molecular complexity index is 1380. The largest absolute Gasteiger partial charge is 0.472 e. The molecule has 0 bridgehead atoms. The topological polar surface area (TPSA) is 231 Å². The molecule has 0 amide bonds. The Morgan fingerprint density at radius 1 is 0.380 bits per heavy atom. The Labute approximate surface area is 430 Å². The Morgan fingerprint density at radius 3 is 1.07 bits per heavy atom. The molecule has 5 unspecified atom stereocenters. The highest BCUT2D eigenvalue weighted by Gasteiger charge is 2.29. The van der Waals surface area contributed by atoms with E-state index in [4.69, 9.17) is 32.3 Å². The first-order valence-corrected chi connectivity index (χ1v) is 31.0. The summed E-state index contributed by atoms with van der Waals surface area (Å²) >= 11 is 0. The zero-order valence-corrected chi connectivity index (χ0v) is 46.5. The molecule has 0 aliphatic heterocycles. The average molecular weight is 1060 g/mol. The van der Waals surface area contributed by atoms with E-state index in [0.717, 1.165) is 83.5 Å². The van der Waals surface area contributed by atoms with Crippen molar-refractivity contribution >= 4 is 33.6 Å². The van der Waals surface area contributed by atoms with E-state index in [-0.39, 0.29) is 19.3 Å². The van der Waals surface area contributed by atoms with Gasteiger partial charge in [0.1, 0.15) is 25.4 Å². The summed E-state index contributed by atoms with van der Waals surface area (Å²) in [5.41, 5.74) is 0. The summed E-state index contributed by atoms with van der Waals surface area (Å²) < 4.78 is 60.4. The van der Waals surface area contributed by atoms with Gasteiger partial charge in [-0.2, -0.15) is 0 Å². The standard InChI is InChI=1S/C53H102O16P2/c1-4-7-10-13-16-19-22-23-26-28-30-33-36-39-51(56)63-42-48(54)43-65-70(59,60)66-44-49(55)45-67-71(61,62)68-47-50(69-53(58)41-38-35-32-29-25-21-18-15-12-9-6-3)46-64-52(57)40-37-34-31-27-24-20-17-14-11-8-5-2/h14,17,48-50,54-55H,4-13,15-16,18-47H2,1-3H3,(H,59,60)(H,61,62)/b17-14-. The van der Waals surface area contributed by atoms with Crippen LogP contribution < -0.4 is 0 Å². The van der Waals surface area contributed by atoms with Crippen molar-refractivity contribution in [1.82, 2.24) is 0 Å². The second kappa shape index (κ2) is 49.2. The van der Waals surface area contributed by atoms with Gasteiger partial charge < -0.3 is 34.2 Å². The van der Waals surface area contributed by atoms with Crippen LogP contribution in [0.5, 0.6) is 0 Å². The number of hydrogen-bond acceptors (Lipinski definition) is 14. The van der Waals surface area contributed by atoms with Crippen molar-refractivity contribution in [2.75, 3.05) is 39.6 Å². The molecule has 0 fully saturated rings. The molecule has 0 rings (SSSR count). The summed E-state index contributed by atoms with van der Waals surface area (Å²) in [5.74, 6) is -1.57. The van der Waals surface area contributed by atoms with Gasteiger partial charge in [0.05, 0.1) is 26.4 Å². The van der Waals surface area contributed by atoms with Crippen LogP contribution in [0.4, 0.5) is 0 Å². The van der Waals surface area contributed by atoms with Gasteiger partial charge in [0, 0.05) is 19.3 Å². The number of carbonyl (C=O) groups excluding carboxylic acids is 3. The van der Waals surface area contributed by atoms with Crippen molar-refractivity contribution in [3.8, 4) is 0 Å². The van der Waals surface area contributed by atoms with Gasteiger partial charge >= 0.3 is 33.6 Å². The molecule has 0 aromatic carbocycles. The molecule has 5 atom stereocenters. The molecule has 0 saturated carbocycles. The third kappa shape index (κ3) is 50.2. The van der Waals surface area contributed by atoms with E-state index in [2.05, 4.69) is 32.9 Å². The number of ether oxygens (including phenoxy) is 3. The van der Waals surface area contributed by atoms with Gasteiger partial charge in [0.25, 0.3) is 0 Å². The third-order valence-corrected chi connectivity index (χ3v) is 13.9. The van der Waals surface area contributed by atoms with Crippen LogP contribution in [0.2, 0.25) is 0 Å². The van der Waals surface area contributed by atoms with Crippen molar-refractivity contribution in [1.29, 1.82) is 0 Å². The Kier molecular flexibility index (Phi) is 48.0. The molecule has 0 saturated heterocycles. The van der Waals surface area contributed by atoms with Crippen LogP contribution in [0.25, 0.3) is 0 Å². The fourth-order valence-electron chi connectivity index (χ4n) is 7.61. The number of allylic oxidation sites excluding steroid dienone is 2. The summed E-state index contributed by atoms with van der Waals surface area (Å²) in [6.07, 6.45) is 37.3. The van der Waals surface area contributed by atoms with Crippen molar-refractivity contribution in [2.24, 2.45) is 0 Å². The number of phosphoric ester groups is 2. The van der Waals surface area contributed by atoms with Crippen molar-refractivity contribution in [3.63, 3.8) is 0 Å². The number of carbonyl (C=O) groups is 3. The minimum absolute atomic E-state index is 0.111. The molecule has 0 aromatic rings. The maximum absolute atomic E-state index is 12.8. The molecule has 0 heterocycles. The number of esters is 3. The first kappa shape index (κ1) is 69.3. The maximum Gasteiger partial charge on any atom is 0.472 e. The smallest absolute Gasteiger partial charge is 0.463 e. The second-order valence-corrected chi connectivity index (χ2v) is 22.0. The Hall–Kier alpha value is -1.71. The Morgan fingerprint density at radius 2 is 0.676 bits per heavy atom. The van der Waals surface area contributed by atoms with Crippen molar-refractivity contribution < 1.29 is 75.8 Å². The maximum atomic E-state index is 12.8. The molecule has 18 heteroatoms. The molecule has 0 aliphatic carbocycles. The fraction of sp³-hybridized carbons (Fsp3) is 0.906. The highest BCUT2D eigenvalue weighted by Crippen LogP contribution is 2.45. The molecule has 0 aromatic heterocycles. The molecular weight excluding hydrogens is 955 g/mol. The fourth-order valence-corrected chi connectivity index (χ4v) is 9.19. The van der Waals surface area contributed by atoms with Crippen LogP contribution >= 0.6 is 15.6 Å². The lowest BCUT2D eigenvalue weighted by atomic mass is 10.0. The first-order chi connectivity index (χ1) is 34.2. The summed E-state index contributed by atoms with van der Waals surface area (Å²) in [6.45, 7) is 2.61. The zero-order chi connectivity index (χ0) is 52.5. The van der Waals surface area contributed by atoms with E-state index in [1.54, 1.807) is 0 Å². The number of rotatable bonds is 54. The minimum atomic E-state index is -4.90. The second-order valence-electron chi connectivity index (χ2n) is 19.1. The number of aliphatic hydroxyl groups is 2. The van der Waals surface area contributed by atoms with E-state index < -0.39 is 91.5 Å². The summed E-state index contributed by atoms with van der Waals surface area (Å²) in [7, 11) is -9.72. The SMILES string of the molecule is CCCC/C=C\CCCCCCCC(=O)OCC(COP(=O)(O)OCC(O)COP(=O)(O)OCC(O)COC(=O)CCCCCCCCCCCCCCC)OC(=O)CCCCCCCCCCCCC. The van der Waals surface area contributed by atoms with Crippen LogP contribution in [0.15, 0.2) is 12.2 Å². The lowest BCUT2D eigenvalue weighted by molar-refractivity contribution is -0.161. The molecule has 0 radical (unpaired) electrons. The zero-order valence-electron chi connectivity index (χ0n) is 44.7. The summed E-state index contributed by atoms with van der Waals surface area (Å²) in [4.78, 5) is 57.8. The molecule has 0 spiro atoms. The highest BCUT2D eigenvalue weighted by atomic mass is 31.2. The average Bonchev–Trinajstić information content (AvgIpc) is 3.34. The normalized spacial score (nSPS) is 14.7. The van der Waals surface area contributed by atoms with Gasteiger partial charge in [0.15, 0.2) is 6.10 Å². The van der Waals surface area contributed by atoms with Gasteiger partial charge in [-0.15, -0.1) is 0 Å². The molecule has 16 nitrogen and oxygen atoms in total. The highest BCUT2D eigenvalue weighted by molar-refractivity contribution is 7.47. The van der Waals surface area contributed by atoms with E-state index in [1.165, 1.54) is 109 Å². The lowest BCUT2D eigenvalue weighted by Gasteiger charge is -2.21. The molecule has 0 aliphatic rings. The van der Waals surface area contributed by atoms with Gasteiger partial charge in [-0.05, 0) is 38.5 Å². The van der Waals surface area contributed by atoms with E-state index >= 15 is 0 Å². The number of phosphoric acid groups is 2. The monoisotopic (exact) mass is 1060 g/mol. The van der Waals surface area contributed by atoms with E-state index in [0.29, 0.717) is 19.3 Å². The molecule has 71 heavy (non-hydrogen) atoms. The van der Waals surface area contributed by atoms with Crippen molar-refractivity contribution in [3.05, 3.63) is 12.2 Å². The quantitative estimate of drug-likeness (QED) is 0.0146. The first-order valence-electron chi connectivity index (χ1n) is 28.0. The van der Waals surface area contributed by atoms with Gasteiger partial charge in [-0.3, -0.25) is 32.5 Å². The van der Waals surface area contributed by atoms with Gasteiger partial charge in [0.2, 0.25) is 0 Å². The number of hydrogen-bond donors (Lipinski definition) is 4. The minimum Gasteiger partial charge on any atom is -0.463 e. The van der Waals surface area contributed by atoms with Crippen molar-refractivity contribution in [2.45, 2.75) is 270 Å². The molecule has 4 N–H and O–H groups in total. The van der Waals surface area contributed by atoms with Crippen LogP contribution in [0, 0.1) is 0 Å². The number of unbranched alkanes of at least 4 members (excludes halogenated alkanes) is 29. The predicted octanol–water partition coefficient (Wildman–Crippen LogP) is 13.6. The summed E-state index contributed by atoms with van der Waals surface area (Å²) in [5, 5.41) is 20.4. The molecular formula is C53H102O16P2. The lowest BCUT2D eigenvalue weighted by Crippen LogP contribution is -2.30. The Balaban J connectivity index is 4.65. The van der Waals surface area contributed by atoms with Gasteiger partial charge in [-0.1, -0.05) is 206 Å².